The Labute approximate surface area is 231 Å². The van der Waals surface area contributed by atoms with Gasteiger partial charge in [0.05, 0.1) is 0 Å². The van der Waals surface area contributed by atoms with E-state index >= 15 is 0 Å². The van der Waals surface area contributed by atoms with E-state index in [0.717, 1.165) is 19.3 Å². The van der Waals surface area contributed by atoms with Crippen molar-refractivity contribution in [1.82, 2.24) is 0 Å². The Morgan fingerprint density at radius 2 is 1.61 bits per heavy atom. The summed E-state index contributed by atoms with van der Waals surface area (Å²) >= 11 is 0. The highest BCUT2D eigenvalue weighted by atomic mass is 28.4. The number of aliphatic hydroxyl groups excluding tert-OH is 1. The van der Waals surface area contributed by atoms with Gasteiger partial charge in [0.1, 0.15) is 6.10 Å². The monoisotopic (exact) mass is 536 g/mol. The predicted octanol–water partition coefficient (Wildman–Crippen LogP) is 6.12. The molecule has 1 aliphatic carbocycles. The van der Waals surface area contributed by atoms with Crippen molar-refractivity contribution in [3.63, 3.8) is 0 Å². The van der Waals surface area contributed by atoms with Crippen LogP contribution in [0.3, 0.4) is 0 Å². The van der Waals surface area contributed by atoms with Crippen molar-refractivity contribution in [3.05, 3.63) is 73.3 Å². The van der Waals surface area contributed by atoms with Crippen LogP contribution in [0.25, 0.3) is 0 Å². The highest BCUT2D eigenvalue weighted by Gasteiger charge is 2.50. The Hall–Kier alpha value is -2.21. The van der Waals surface area contributed by atoms with Gasteiger partial charge in [0.15, 0.2) is 6.10 Å². The number of benzene rings is 2. The molecule has 208 valence electrons. The molecule has 1 N–H and O–H groups in total. The van der Waals surface area contributed by atoms with Crippen molar-refractivity contribution >= 4 is 24.7 Å². The van der Waals surface area contributed by atoms with Gasteiger partial charge in [0, 0.05) is 12.5 Å². The molecule has 0 heterocycles. The second-order valence-electron chi connectivity index (χ2n) is 12.4. The van der Waals surface area contributed by atoms with E-state index in [0.29, 0.717) is 30.8 Å². The summed E-state index contributed by atoms with van der Waals surface area (Å²) in [5, 5.41) is 13.3. The van der Waals surface area contributed by atoms with Gasteiger partial charge >= 0.3 is 5.97 Å². The maximum absolute atomic E-state index is 13.1. The SMILES string of the molecule is C=C[C@@H](CCO[Si](c1ccccc1)(c1ccccc1)C(C)(C)C)[C@@H](O)C(=O)O[C@H]1C[C@@H](C)CC[C@@H]1C(C)C. The molecule has 0 aromatic heterocycles. The van der Waals surface area contributed by atoms with Gasteiger partial charge in [-0.3, -0.25) is 0 Å². The summed E-state index contributed by atoms with van der Waals surface area (Å²) in [7, 11) is -2.69. The van der Waals surface area contributed by atoms with Crippen LogP contribution in [-0.2, 0) is 14.0 Å². The average molecular weight is 537 g/mol. The molecule has 0 radical (unpaired) electrons. The molecule has 0 aliphatic heterocycles. The molecular weight excluding hydrogens is 488 g/mol. The molecule has 5 atom stereocenters. The summed E-state index contributed by atoms with van der Waals surface area (Å²) in [5.74, 6) is 0.315. The standard InChI is InChI=1S/C33H48O4Si/c1-8-26(31(34)32(35)37-30-23-25(4)19-20-29(30)24(2)3)21-22-36-38(33(5,6)7,27-15-11-9-12-16-27)28-17-13-10-14-18-28/h8-18,24-26,29-31,34H,1,19-23H2,2-7H3/t25-,26-,29+,30-,31+/m0/s1. The molecule has 0 saturated heterocycles. The summed E-state index contributed by atoms with van der Waals surface area (Å²) in [4.78, 5) is 13.1. The van der Waals surface area contributed by atoms with Crippen LogP contribution in [0.2, 0.25) is 5.04 Å². The highest BCUT2D eigenvalue weighted by molar-refractivity contribution is 6.99. The number of carbonyl (C=O) groups is 1. The second-order valence-corrected chi connectivity index (χ2v) is 16.8. The normalized spacial score (nSPS) is 22.1. The van der Waals surface area contributed by atoms with Crippen LogP contribution >= 0.6 is 0 Å². The minimum atomic E-state index is -2.69. The Balaban J connectivity index is 1.76. The van der Waals surface area contributed by atoms with Crippen LogP contribution in [0.15, 0.2) is 73.3 Å². The Morgan fingerprint density at radius 1 is 1.05 bits per heavy atom. The highest BCUT2D eigenvalue weighted by Crippen LogP contribution is 2.38. The first-order chi connectivity index (χ1) is 18.0. The average Bonchev–Trinajstić information content (AvgIpc) is 2.88. The third-order valence-corrected chi connectivity index (χ3v) is 13.4. The molecule has 38 heavy (non-hydrogen) atoms. The summed E-state index contributed by atoms with van der Waals surface area (Å²) < 4.78 is 12.9. The predicted molar refractivity (Wildman–Crippen MR) is 159 cm³/mol. The molecule has 3 rings (SSSR count). The van der Waals surface area contributed by atoms with Gasteiger partial charge in [-0.25, -0.2) is 4.79 Å². The van der Waals surface area contributed by atoms with Gasteiger partial charge in [-0.1, -0.05) is 115 Å². The van der Waals surface area contributed by atoms with Crippen molar-refractivity contribution in [2.75, 3.05) is 6.61 Å². The number of esters is 1. The van der Waals surface area contributed by atoms with Gasteiger partial charge in [-0.2, -0.15) is 0 Å². The van der Waals surface area contributed by atoms with Gasteiger partial charge in [-0.05, 0) is 52.4 Å². The molecule has 5 heteroatoms. The maximum Gasteiger partial charge on any atom is 0.335 e. The smallest absolute Gasteiger partial charge is 0.335 e. The molecule has 1 saturated carbocycles. The van der Waals surface area contributed by atoms with Crippen LogP contribution in [0.1, 0.15) is 67.2 Å². The molecular formula is C33H48O4Si. The quantitative estimate of drug-likeness (QED) is 0.214. The van der Waals surface area contributed by atoms with E-state index in [1.807, 2.05) is 12.1 Å². The zero-order valence-corrected chi connectivity index (χ0v) is 25.2. The molecule has 2 aromatic carbocycles. The first-order valence-electron chi connectivity index (χ1n) is 14.3. The lowest BCUT2D eigenvalue weighted by atomic mass is 9.75. The van der Waals surface area contributed by atoms with Crippen LogP contribution < -0.4 is 10.4 Å². The van der Waals surface area contributed by atoms with Crippen molar-refractivity contribution < 1.29 is 19.1 Å². The summed E-state index contributed by atoms with van der Waals surface area (Å²) in [6.45, 7) is 17.7. The summed E-state index contributed by atoms with van der Waals surface area (Å²) in [6.07, 6.45) is 3.85. The van der Waals surface area contributed by atoms with Crippen molar-refractivity contribution in [1.29, 1.82) is 0 Å². The minimum Gasteiger partial charge on any atom is -0.460 e. The van der Waals surface area contributed by atoms with E-state index in [1.165, 1.54) is 10.4 Å². The molecule has 0 bridgehead atoms. The fourth-order valence-corrected chi connectivity index (χ4v) is 10.7. The van der Waals surface area contributed by atoms with Crippen LogP contribution in [0.4, 0.5) is 0 Å². The second kappa shape index (κ2) is 13.2. The number of rotatable bonds is 11. The third kappa shape index (κ3) is 6.86. The van der Waals surface area contributed by atoms with E-state index in [4.69, 9.17) is 9.16 Å². The first kappa shape index (κ1) is 30.3. The van der Waals surface area contributed by atoms with E-state index in [2.05, 4.69) is 96.7 Å². The third-order valence-electron chi connectivity index (χ3n) is 8.37. The van der Waals surface area contributed by atoms with Gasteiger partial charge in [0.25, 0.3) is 8.32 Å². The zero-order valence-electron chi connectivity index (χ0n) is 24.2. The Bertz CT molecular complexity index is 975. The lowest BCUT2D eigenvalue weighted by molar-refractivity contribution is -0.168. The number of ether oxygens (including phenoxy) is 1. The Kier molecular flexibility index (Phi) is 10.6. The van der Waals surface area contributed by atoms with Crippen molar-refractivity contribution in [2.24, 2.45) is 23.7 Å². The van der Waals surface area contributed by atoms with Crippen LogP contribution in [-0.4, -0.2) is 38.2 Å². The van der Waals surface area contributed by atoms with Gasteiger partial charge < -0.3 is 14.3 Å². The van der Waals surface area contributed by atoms with Gasteiger partial charge in [-0.15, -0.1) is 6.58 Å². The number of hydrogen-bond acceptors (Lipinski definition) is 4. The minimum absolute atomic E-state index is 0.138. The fraction of sp³-hybridized carbons (Fsp3) is 0.545. The number of carbonyl (C=O) groups excluding carboxylic acids is 1. The van der Waals surface area contributed by atoms with Crippen LogP contribution in [0, 0.1) is 23.7 Å². The first-order valence-corrected chi connectivity index (χ1v) is 16.2. The topological polar surface area (TPSA) is 55.8 Å². The fourth-order valence-electron chi connectivity index (χ4n) is 6.16. The lowest BCUT2D eigenvalue weighted by Gasteiger charge is -2.43. The van der Waals surface area contributed by atoms with E-state index in [1.54, 1.807) is 6.08 Å². The molecule has 0 amide bonds. The van der Waals surface area contributed by atoms with Crippen LogP contribution in [0.5, 0.6) is 0 Å². The van der Waals surface area contributed by atoms with E-state index < -0.39 is 26.3 Å². The summed E-state index contributed by atoms with van der Waals surface area (Å²) in [5.41, 5.74) is 0. The molecule has 1 aliphatic rings. The number of hydrogen-bond donors (Lipinski definition) is 1. The molecule has 2 aromatic rings. The molecule has 1 fully saturated rings. The molecule has 0 spiro atoms. The largest absolute Gasteiger partial charge is 0.460 e. The zero-order chi connectivity index (χ0) is 27.9. The van der Waals surface area contributed by atoms with Gasteiger partial charge in [0.2, 0.25) is 0 Å². The van der Waals surface area contributed by atoms with E-state index in [-0.39, 0.29) is 11.1 Å². The van der Waals surface area contributed by atoms with Crippen molar-refractivity contribution in [2.45, 2.75) is 84.5 Å². The number of aliphatic hydroxyl groups is 1. The Morgan fingerprint density at radius 3 is 2.08 bits per heavy atom. The molecule has 4 nitrogen and oxygen atoms in total. The molecule has 0 unspecified atom stereocenters. The van der Waals surface area contributed by atoms with Crippen molar-refractivity contribution in [3.8, 4) is 0 Å². The summed E-state index contributed by atoms with van der Waals surface area (Å²) in [6, 6.07) is 21.0. The lowest BCUT2D eigenvalue weighted by Crippen LogP contribution is -2.66. The van der Waals surface area contributed by atoms with E-state index in [9.17, 15) is 9.90 Å². The maximum atomic E-state index is 13.1.